The van der Waals surface area contributed by atoms with Crippen LogP contribution in [-0.2, 0) is 11.3 Å². The molecule has 1 aromatic rings. The first-order valence-electron chi connectivity index (χ1n) is 6.22. The lowest BCUT2D eigenvalue weighted by molar-refractivity contribution is -0.00199. The monoisotopic (exact) mass is 274 g/mol. The zero-order valence-corrected chi connectivity index (χ0v) is 11.8. The van der Waals surface area contributed by atoms with Crippen LogP contribution in [0.5, 0.6) is 0 Å². The van der Waals surface area contributed by atoms with Gasteiger partial charge in [-0.25, -0.2) is 4.98 Å². The summed E-state index contributed by atoms with van der Waals surface area (Å²) in [6.07, 6.45) is 5.80. The Hall–Kier alpha value is -0.160. The van der Waals surface area contributed by atoms with Crippen molar-refractivity contribution < 1.29 is 4.74 Å². The first-order chi connectivity index (χ1) is 8.28. The van der Waals surface area contributed by atoms with Crippen LogP contribution in [0.15, 0.2) is 6.20 Å². The van der Waals surface area contributed by atoms with E-state index in [1.54, 1.807) is 11.3 Å². The first-order valence-corrected chi connectivity index (χ1v) is 7.41. The number of nitrogens with zero attached hydrogens (tertiary/aromatic N) is 2. The molecule has 1 saturated heterocycles. The Labute approximate surface area is 112 Å². The maximum atomic E-state index is 5.84. The van der Waals surface area contributed by atoms with Crippen LogP contribution >= 0.6 is 22.9 Å². The van der Waals surface area contributed by atoms with Gasteiger partial charge in [0.25, 0.3) is 0 Å². The van der Waals surface area contributed by atoms with Crippen molar-refractivity contribution in [2.45, 2.75) is 38.8 Å². The van der Waals surface area contributed by atoms with E-state index in [0.29, 0.717) is 10.6 Å². The van der Waals surface area contributed by atoms with Gasteiger partial charge in [0.15, 0.2) is 4.47 Å². The van der Waals surface area contributed by atoms with Crippen LogP contribution < -0.4 is 0 Å². The van der Waals surface area contributed by atoms with Gasteiger partial charge in [0.1, 0.15) is 0 Å². The number of aromatic nitrogens is 1. The minimum Gasteiger partial charge on any atom is -0.377 e. The average Bonchev–Trinajstić information content (AvgIpc) is 2.73. The van der Waals surface area contributed by atoms with E-state index in [9.17, 15) is 0 Å². The lowest BCUT2D eigenvalue weighted by Gasteiger charge is -2.32. The number of likely N-dealkylation sites (tertiary alicyclic amines) is 1. The molecule has 0 radical (unpaired) electrons. The Morgan fingerprint density at radius 2 is 2.53 bits per heavy atom. The summed E-state index contributed by atoms with van der Waals surface area (Å²) in [4.78, 5) is 7.76. The second kappa shape index (κ2) is 6.69. The summed E-state index contributed by atoms with van der Waals surface area (Å²) in [5.41, 5.74) is 0. The highest BCUT2D eigenvalue weighted by atomic mass is 35.5. The van der Waals surface area contributed by atoms with Crippen molar-refractivity contribution >= 4 is 22.9 Å². The normalized spacial score (nSPS) is 21.9. The molecular weight excluding hydrogens is 256 g/mol. The summed E-state index contributed by atoms with van der Waals surface area (Å²) in [6.45, 7) is 6.18. The molecule has 17 heavy (non-hydrogen) atoms. The van der Waals surface area contributed by atoms with Crippen LogP contribution in [0, 0.1) is 0 Å². The highest BCUT2D eigenvalue weighted by Gasteiger charge is 2.20. The van der Waals surface area contributed by atoms with Crippen LogP contribution in [0.4, 0.5) is 0 Å². The number of ether oxygens (including phenoxy) is 1. The summed E-state index contributed by atoms with van der Waals surface area (Å²) in [6, 6.07) is 0. The van der Waals surface area contributed by atoms with Gasteiger partial charge in [0.05, 0.1) is 6.10 Å². The maximum Gasteiger partial charge on any atom is 0.183 e. The second-order valence-electron chi connectivity index (χ2n) is 4.45. The zero-order chi connectivity index (χ0) is 12.1. The number of hydrogen-bond acceptors (Lipinski definition) is 4. The Morgan fingerprint density at radius 1 is 1.65 bits per heavy atom. The Kier molecular flexibility index (Phi) is 5.22. The average molecular weight is 275 g/mol. The van der Waals surface area contributed by atoms with E-state index >= 15 is 0 Å². The number of hydrogen-bond donors (Lipinski definition) is 0. The zero-order valence-electron chi connectivity index (χ0n) is 10.2. The third-order valence-electron chi connectivity index (χ3n) is 2.92. The molecule has 3 nitrogen and oxygen atoms in total. The van der Waals surface area contributed by atoms with Crippen molar-refractivity contribution in [2.24, 2.45) is 0 Å². The second-order valence-corrected chi connectivity index (χ2v) is 6.15. The molecule has 0 N–H and O–H groups in total. The van der Waals surface area contributed by atoms with Crippen LogP contribution in [-0.4, -0.2) is 35.7 Å². The predicted molar refractivity (Wildman–Crippen MR) is 71.7 cm³/mol. The van der Waals surface area contributed by atoms with Gasteiger partial charge < -0.3 is 4.74 Å². The fraction of sp³-hybridized carbons (Fsp3) is 0.750. The standard InChI is InChI=1S/C12H19ClN2OS/c1-2-6-16-10-4-3-5-15(8-10)9-11-7-14-12(13)17-11/h7,10H,2-6,8-9H2,1H3. The molecule has 5 heteroatoms. The fourth-order valence-electron chi connectivity index (χ4n) is 2.15. The van der Waals surface area contributed by atoms with Gasteiger partial charge in [-0.05, 0) is 25.8 Å². The molecule has 2 rings (SSSR count). The largest absolute Gasteiger partial charge is 0.377 e. The maximum absolute atomic E-state index is 5.84. The molecular formula is C12H19ClN2OS. The van der Waals surface area contributed by atoms with E-state index in [-0.39, 0.29) is 0 Å². The molecule has 0 aromatic carbocycles. The number of halogens is 1. The van der Waals surface area contributed by atoms with E-state index < -0.39 is 0 Å². The third kappa shape index (κ3) is 4.21. The van der Waals surface area contributed by atoms with Gasteiger partial charge in [-0.15, -0.1) is 11.3 Å². The van der Waals surface area contributed by atoms with E-state index in [1.807, 2.05) is 6.20 Å². The fourth-order valence-corrected chi connectivity index (χ4v) is 3.17. The summed E-state index contributed by atoms with van der Waals surface area (Å²) in [7, 11) is 0. The van der Waals surface area contributed by atoms with Crippen LogP contribution in [0.3, 0.4) is 0 Å². The molecule has 1 aliphatic rings. The van der Waals surface area contributed by atoms with Gasteiger partial charge in [-0.1, -0.05) is 18.5 Å². The van der Waals surface area contributed by atoms with Crippen molar-refractivity contribution in [3.63, 3.8) is 0 Å². The van der Waals surface area contributed by atoms with E-state index in [2.05, 4.69) is 16.8 Å². The van der Waals surface area contributed by atoms with Gasteiger partial charge in [-0.2, -0.15) is 0 Å². The summed E-state index contributed by atoms with van der Waals surface area (Å²) < 4.78 is 6.46. The highest BCUT2D eigenvalue weighted by Crippen LogP contribution is 2.22. The Bertz CT molecular complexity index is 345. The molecule has 0 amide bonds. The molecule has 1 aromatic heterocycles. The summed E-state index contributed by atoms with van der Waals surface area (Å²) in [5, 5.41) is 0. The van der Waals surface area contributed by atoms with Crippen molar-refractivity contribution in [3.8, 4) is 0 Å². The van der Waals surface area contributed by atoms with E-state index in [1.165, 1.54) is 17.7 Å². The van der Waals surface area contributed by atoms with E-state index in [4.69, 9.17) is 16.3 Å². The highest BCUT2D eigenvalue weighted by molar-refractivity contribution is 7.15. The number of piperidine rings is 1. The van der Waals surface area contributed by atoms with Crippen molar-refractivity contribution in [2.75, 3.05) is 19.7 Å². The lowest BCUT2D eigenvalue weighted by Crippen LogP contribution is -2.39. The van der Waals surface area contributed by atoms with Gasteiger partial charge in [0.2, 0.25) is 0 Å². The molecule has 1 fully saturated rings. The minimum atomic E-state index is 0.409. The molecule has 96 valence electrons. The molecule has 0 aliphatic carbocycles. The molecule has 2 heterocycles. The number of thiazole rings is 1. The van der Waals surface area contributed by atoms with E-state index in [0.717, 1.165) is 32.7 Å². The minimum absolute atomic E-state index is 0.409. The van der Waals surface area contributed by atoms with Gasteiger partial charge in [0, 0.05) is 30.8 Å². The summed E-state index contributed by atoms with van der Waals surface area (Å²) in [5.74, 6) is 0. The quantitative estimate of drug-likeness (QED) is 0.825. The number of rotatable bonds is 5. The van der Waals surface area contributed by atoms with Gasteiger partial charge in [-0.3, -0.25) is 4.90 Å². The molecule has 0 bridgehead atoms. The molecule has 1 aliphatic heterocycles. The third-order valence-corrected chi connectivity index (χ3v) is 4.02. The first kappa shape index (κ1) is 13.3. The molecule has 0 spiro atoms. The topological polar surface area (TPSA) is 25.4 Å². The van der Waals surface area contributed by atoms with Crippen LogP contribution in [0.1, 0.15) is 31.1 Å². The SMILES string of the molecule is CCCOC1CCCN(Cc2cnc(Cl)s2)C1. The van der Waals surface area contributed by atoms with Crippen molar-refractivity contribution in [1.29, 1.82) is 0 Å². The van der Waals surface area contributed by atoms with Crippen molar-refractivity contribution in [3.05, 3.63) is 15.5 Å². The lowest BCUT2D eigenvalue weighted by atomic mass is 10.1. The Balaban J connectivity index is 1.80. The smallest absolute Gasteiger partial charge is 0.183 e. The van der Waals surface area contributed by atoms with Gasteiger partial charge >= 0.3 is 0 Å². The van der Waals surface area contributed by atoms with Crippen LogP contribution in [0.2, 0.25) is 4.47 Å². The summed E-state index contributed by atoms with van der Waals surface area (Å²) >= 11 is 7.41. The van der Waals surface area contributed by atoms with Crippen molar-refractivity contribution in [1.82, 2.24) is 9.88 Å². The molecule has 0 saturated carbocycles. The molecule has 1 unspecified atom stereocenters. The molecule has 1 atom stereocenters. The van der Waals surface area contributed by atoms with Crippen LogP contribution in [0.25, 0.3) is 0 Å². The Morgan fingerprint density at radius 3 is 3.24 bits per heavy atom. The predicted octanol–water partition coefficient (Wildman–Crippen LogP) is 3.19.